The first-order chi connectivity index (χ1) is 51.0. The van der Waals surface area contributed by atoms with E-state index in [0.717, 1.165) is 24.3 Å². The minimum atomic E-state index is -1.07. The molecule has 0 radical (unpaired) electrons. The van der Waals surface area contributed by atoms with E-state index in [4.69, 9.17) is 83.5 Å². The van der Waals surface area contributed by atoms with Crippen LogP contribution in [0.3, 0.4) is 0 Å². The number of aliphatic imine (C=N–C) groups is 3. The molecule has 6 atom stereocenters. The van der Waals surface area contributed by atoms with Gasteiger partial charge in [-0.25, -0.2) is 56.9 Å². The quantitative estimate of drug-likeness (QED) is 0.0223. The Balaban J connectivity index is 0.000000170. The van der Waals surface area contributed by atoms with E-state index in [-0.39, 0.29) is 40.9 Å². The number of amidine groups is 3. The van der Waals surface area contributed by atoms with Gasteiger partial charge in [0.25, 0.3) is 0 Å². The SMILES string of the molecule is COC(=O)C1=C(CN2CCO[C@H](/C=C/C(=O)O)C2)NC(c2nccs2)=N[C@H]1c1ccc(Cl)cc1Cl.COC(=O)C1=C(CN2CCO[C@H](/C=C/C(=O)O)C2)NC(c2nccs2)=N[C@H]1c1ccc(F)c(F)c1C.COC(=O)C1=C(CN2CCO[C@H](/C=C/C(=O)O)C2)NC(c2nccs2)=N[C@H]1c1cccc(F)c1Cl. The number of halogens is 6. The molecule has 558 valence electrons. The normalized spacial score (nSPS) is 21.0. The number of methoxy groups -OCH3 is 3. The number of carboxylic acid groups (broad SMARTS) is 3. The summed E-state index contributed by atoms with van der Waals surface area (Å²) >= 11 is 23.0. The number of aliphatic carboxylic acids is 3. The number of hydrogen-bond acceptors (Lipinski definition) is 27. The van der Waals surface area contributed by atoms with Crippen LogP contribution in [0.5, 0.6) is 0 Å². The molecular formula is C70H68Cl3F3N12O15S3. The summed E-state index contributed by atoms with van der Waals surface area (Å²) in [4.78, 5) is 105. The van der Waals surface area contributed by atoms with Gasteiger partial charge in [0.2, 0.25) is 0 Å². The molecule has 6 aliphatic rings. The maximum Gasteiger partial charge on any atom is 0.338 e. The first-order valence-corrected chi connectivity index (χ1v) is 36.0. The summed E-state index contributed by atoms with van der Waals surface area (Å²) in [7, 11) is 3.82. The second-order valence-corrected chi connectivity index (χ2v) is 27.5. The van der Waals surface area contributed by atoms with E-state index in [1.807, 2.05) is 15.2 Å². The van der Waals surface area contributed by atoms with E-state index in [0.29, 0.717) is 148 Å². The highest BCUT2D eigenvalue weighted by Crippen LogP contribution is 2.41. The van der Waals surface area contributed by atoms with Gasteiger partial charge in [-0.1, -0.05) is 59.1 Å². The lowest BCUT2D eigenvalue weighted by molar-refractivity contribution is -0.137. The highest BCUT2D eigenvalue weighted by atomic mass is 35.5. The molecule has 106 heavy (non-hydrogen) atoms. The Hall–Kier alpha value is -9.36. The van der Waals surface area contributed by atoms with Gasteiger partial charge in [-0.3, -0.25) is 29.7 Å². The highest BCUT2D eigenvalue weighted by Gasteiger charge is 2.39. The Labute approximate surface area is 631 Å². The third-order valence-corrected chi connectivity index (χ3v) is 20.0. The zero-order valence-corrected chi connectivity index (χ0v) is 61.5. The van der Waals surface area contributed by atoms with Crippen LogP contribution in [0.4, 0.5) is 13.2 Å². The van der Waals surface area contributed by atoms with Crippen LogP contribution in [0.25, 0.3) is 0 Å². The van der Waals surface area contributed by atoms with Crippen LogP contribution >= 0.6 is 68.8 Å². The van der Waals surface area contributed by atoms with E-state index >= 15 is 0 Å². The van der Waals surface area contributed by atoms with Crippen molar-refractivity contribution in [2.24, 2.45) is 15.0 Å². The van der Waals surface area contributed by atoms with E-state index in [2.05, 4.69) is 45.8 Å². The Morgan fingerprint density at radius 3 is 1.27 bits per heavy atom. The van der Waals surface area contributed by atoms with Crippen molar-refractivity contribution in [2.75, 3.05) is 100 Å². The number of carboxylic acids is 3. The van der Waals surface area contributed by atoms with Crippen molar-refractivity contribution in [3.63, 3.8) is 0 Å². The molecule has 6 aromatic rings. The van der Waals surface area contributed by atoms with E-state index in [1.165, 1.54) is 98.7 Å². The largest absolute Gasteiger partial charge is 0.478 e. The van der Waals surface area contributed by atoms with Gasteiger partial charge >= 0.3 is 35.8 Å². The van der Waals surface area contributed by atoms with Crippen molar-refractivity contribution < 1.29 is 85.7 Å². The molecule has 0 unspecified atom stereocenters. The molecule has 3 aromatic heterocycles. The summed E-state index contributed by atoms with van der Waals surface area (Å²) in [5.41, 5.74) is 3.54. The van der Waals surface area contributed by atoms with Crippen LogP contribution < -0.4 is 16.0 Å². The number of benzene rings is 3. The lowest BCUT2D eigenvalue weighted by Gasteiger charge is -2.34. The van der Waals surface area contributed by atoms with Gasteiger partial charge in [0, 0.05) is 150 Å². The first-order valence-electron chi connectivity index (χ1n) is 32.3. The molecule has 0 saturated carbocycles. The Morgan fingerprint density at radius 1 is 0.538 bits per heavy atom. The molecule has 6 N–H and O–H groups in total. The smallest absolute Gasteiger partial charge is 0.338 e. The van der Waals surface area contributed by atoms with Gasteiger partial charge in [-0.2, -0.15) is 0 Å². The number of morpholine rings is 3. The average Bonchev–Trinajstić information content (AvgIpc) is 1.06. The highest BCUT2D eigenvalue weighted by molar-refractivity contribution is 7.12. The van der Waals surface area contributed by atoms with E-state index < -0.39 is 83.6 Å². The van der Waals surface area contributed by atoms with Crippen LogP contribution in [0, 0.1) is 24.4 Å². The average molecular weight is 1580 g/mol. The summed E-state index contributed by atoms with van der Waals surface area (Å²) in [5.74, 6) is -6.32. The van der Waals surface area contributed by atoms with E-state index in [9.17, 15) is 41.9 Å². The third kappa shape index (κ3) is 20.2. The third-order valence-electron chi connectivity index (χ3n) is 16.7. The van der Waals surface area contributed by atoms with Gasteiger partial charge < -0.3 is 59.7 Å². The number of hydrogen-bond donors (Lipinski definition) is 6. The van der Waals surface area contributed by atoms with Crippen LogP contribution in [0.2, 0.25) is 15.1 Å². The number of ether oxygens (including phenoxy) is 6. The second-order valence-electron chi connectivity index (χ2n) is 23.6. The van der Waals surface area contributed by atoms with Gasteiger partial charge in [0.05, 0.1) is 81.2 Å². The predicted molar refractivity (Wildman–Crippen MR) is 389 cm³/mol. The number of rotatable bonds is 21. The lowest BCUT2D eigenvalue weighted by Crippen LogP contribution is -2.46. The molecule has 0 aliphatic carbocycles. The van der Waals surface area contributed by atoms with Gasteiger partial charge in [0.15, 0.2) is 44.2 Å². The first kappa shape index (κ1) is 79.2. The number of aromatic nitrogens is 3. The van der Waals surface area contributed by atoms with Crippen LogP contribution in [0.1, 0.15) is 55.4 Å². The number of carbonyl (C=O) groups is 6. The zero-order valence-electron chi connectivity index (χ0n) is 56.8. The minimum absolute atomic E-state index is 0.0372. The summed E-state index contributed by atoms with van der Waals surface area (Å²) in [6.45, 7) is 6.33. The molecule has 6 aliphatic heterocycles. The molecule has 3 fully saturated rings. The molecule has 9 heterocycles. The van der Waals surface area contributed by atoms with Crippen molar-refractivity contribution in [1.29, 1.82) is 0 Å². The number of carbonyl (C=O) groups excluding carboxylic acids is 3. The maximum absolute atomic E-state index is 14.5. The van der Waals surface area contributed by atoms with Crippen molar-refractivity contribution in [2.45, 2.75) is 43.4 Å². The molecular weight excluding hydrogens is 1510 g/mol. The molecule has 3 saturated heterocycles. The van der Waals surface area contributed by atoms with Crippen molar-refractivity contribution in [3.05, 3.63) is 223 Å². The fourth-order valence-electron chi connectivity index (χ4n) is 11.9. The fraction of sp³-hybridized carbons (Fsp3) is 0.314. The number of nitrogens with zero attached hydrogens (tertiary/aromatic N) is 9. The number of thiazole rings is 3. The molecule has 0 bridgehead atoms. The van der Waals surface area contributed by atoms with Crippen LogP contribution in [0.15, 0.2) is 169 Å². The topological polar surface area (TPSA) is 340 Å². The molecule has 0 spiro atoms. The monoisotopic (exact) mass is 1570 g/mol. The molecule has 0 amide bonds. The van der Waals surface area contributed by atoms with Crippen molar-refractivity contribution in [1.82, 2.24) is 45.6 Å². The lowest BCUT2D eigenvalue weighted by atomic mass is 9.92. The number of nitrogens with one attached hydrogen (secondary N) is 3. The van der Waals surface area contributed by atoms with Gasteiger partial charge in [-0.05, 0) is 60.5 Å². The number of esters is 3. The summed E-state index contributed by atoms with van der Waals surface area (Å²) < 4.78 is 74.9. The van der Waals surface area contributed by atoms with E-state index in [1.54, 1.807) is 53.6 Å². The predicted octanol–water partition coefficient (Wildman–Crippen LogP) is 8.69. The summed E-state index contributed by atoms with van der Waals surface area (Å²) in [6, 6.07) is 9.18. The Bertz CT molecular complexity index is 4540. The summed E-state index contributed by atoms with van der Waals surface area (Å²) in [6.07, 6.45) is 11.3. The Kier molecular flexibility index (Phi) is 27.8. The molecule has 27 nitrogen and oxygen atoms in total. The molecule has 3 aromatic carbocycles. The maximum atomic E-state index is 14.5. The zero-order chi connectivity index (χ0) is 75.7. The van der Waals surface area contributed by atoms with Crippen LogP contribution in [-0.4, -0.2) is 217 Å². The Morgan fingerprint density at radius 2 is 0.915 bits per heavy atom. The molecule has 12 rings (SSSR count). The van der Waals surface area contributed by atoms with Crippen LogP contribution in [-0.2, 0) is 57.2 Å². The second kappa shape index (κ2) is 37.3. The van der Waals surface area contributed by atoms with Gasteiger partial charge in [0.1, 0.15) is 23.9 Å². The standard InChI is InChI=1S/C24H24F2N4O5S.C23H22Cl2N4O5S.C23H22ClFN4O5S/c1-13-15(4-5-16(25)20(13)26)21-19(24(33)34-2)17(28-22(29-21)23-27-7-10-36-23)12-30-8-9-35-14(11-30)3-6-18(31)32;1-33-23(32)19-17(12-29-7-8-34-14(11-29)3-5-18(30)31)27-21(22-26-6-9-35-22)28-20(19)15-4-2-13(24)10-16(15)25;1-33-23(32)18-16(12-29-8-9-34-13(11-29)5-6-17(30)31)27-21(22-26-7-10-35-22)28-20(18)14-3-2-4-15(25)19(14)24/h3-7,10,14,21H,8-9,11-12H2,1-2H3,(H,28,29)(H,31,32);2-6,9-10,14,20H,7-8,11-12H2,1H3,(H,27,28)(H,30,31);2-7,10,13,20H,8-9,11-12H2,1H3,(H,27,28)(H,30,31)/b6-3+;5-3+;6-5+/t14-,21+;14-,20+;13-,20+/m111/s1. The van der Waals surface area contributed by atoms with Crippen molar-refractivity contribution >= 4 is 122 Å². The summed E-state index contributed by atoms with van der Waals surface area (Å²) in [5, 5.41) is 44.4. The molecule has 36 heteroatoms. The van der Waals surface area contributed by atoms with Gasteiger partial charge in [-0.15, -0.1) is 34.0 Å². The minimum Gasteiger partial charge on any atom is -0.478 e. The fourth-order valence-corrected chi connectivity index (χ4v) is 14.4. The van der Waals surface area contributed by atoms with Crippen molar-refractivity contribution in [3.8, 4) is 0 Å².